The van der Waals surface area contributed by atoms with E-state index in [4.69, 9.17) is 0 Å². The maximum atomic E-state index is 11.3. The van der Waals surface area contributed by atoms with Gasteiger partial charge in [0.05, 0.1) is 6.42 Å². The van der Waals surface area contributed by atoms with Crippen molar-refractivity contribution in [2.24, 2.45) is 0 Å². The standard InChI is InChI=1S/C7H8N6O/c14-6(3-5-1-2-9-12-5)11-7-8-4-10-13-7/h1-2,4H,3H2,(H,9,12)(H2,8,10,11,13,14). The van der Waals surface area contributed by atoms with Crippen LogP contribution in [0.25, 0.3) is 0 Å². The van der Waals surface area contributed by atoms with E-state index in [1.807, 2.05) is 0 Å². The number of hydrogen-bond donors (Lipinski definition) is 3. The molecule has 1 amide bonds. The minimum absolute atomic E-state index is 0.175. The van der Waals surface area contributed by atoms with Crippen molar-refractivity contribution in [2.45, 2.75) is 6.42 Å². The highest BCUT2D eigenvalue weighted by Crippen LogP contribution is 1.97. The summed E-state index contributed by atoms with van der Waals surface area (Å²) in [6, 6.07) is 1.74. The third-order valence-electron chi connectivity index (χ3n) is 1.58. The van der Waals surface area contributed by atoms with E-state index in [0.29, 0.717) is 5.95 Å². The number of hydrogen-bond acceptors (Lipinski definition) is 4. The molecule has 0 atom stereocenters. The van der Waals surface area contributed by atoms with Crippen molar-refractivity contribution in [3.8, 4) is 0 Å². The minimum Gasteiger partial charge on any atom is -0.295 e. The summed E-state index contributed by atoms with van der Waals surface area (Å²) >= 11 is 0. The summed E-state index contributed by atoms with van der Waals surface area (Å²) in [5.74, 6) is 0.167. The summed E-state index contributed by atoms with van der Waals surface area (Å²) in [4.78, 5) is 15.1. The molecule has 0 spiro atoms. The molecular formula is C7H8N6O. The zero-order chi connectivity index (χ0) is 9.80. The number of aromatic nitrogens is 5. The number of nitrogens with one attached hydrogen (secondary N) is 3. The van der Waals surface area contributed by atoms with Crippen LogP contribution in [0.1, 0.15) is 5.69 Å². The van der Waals surface area contributed by atoms with Crippen molar-refractivity contribution >= 4 is 11.9 Å². The molecule has 2 aromatic heterocycles. The molecule has 0 fully saturated rings. The van der Waals surface area contributed by atoms with Gasteiger partial charge in [-0.05, 0) is 6.07 Å². The lowest BCUT2D eigenvalue weighted by Crippen LogP contribution is -2.15. The Bertz CT molecular complexity index is 354. The second-order valence-corrected chi connectivity index (χ2v) is 2.64. The molecule has 0 aliphatic carbocycles. The van der Waals surface area contributed by atoms with Crippen molar-refractivity contribution in [1.82, 2.24) is 25.4 Å². The number of H-pyrrole nitrogens is 2. The lowest BCUT2D eigenvalue weighted by molar-refractivity contribution is -0.115. The Labute approximate surface area is 78.9 Å². The quantitative estimate of drug-likeness (QED) is 0.622. The molecule has 0 saturated carbocycles. The SMILES string of the molecule is O=C(Cc1ccn[nH]1)Nc1ncn[nH]1. The lowest BCUT2D eigenvalue weighted by atomic mass is 10.3. The van der Waals surface area contributed by atoms with Gasteiger partial charge in [0, 0.05) is 11.9 Å². The fourth-order valence-corrected chi connectivity index (χ4v) is 0.998. The van der Waals surface area contributed by atoms with Crippen molar-refractivity contribution in [3.05, 3.63) is 24.3 Å². The van der Waals surface area contributed by atoms with Gasteiger partial charge in [-0.1, -0.05) is 0 Å². The van der Waals surface area contributed by atoms with Crippen LogP contribution in [-0.2, 0) is 11.2 Å². The second kappa shape index (κ2) is 3.69. The molecule has 0 aromatic carbocycles. The van der Waals surface area contributed by atoms with Crippen molar-refractivity contribution in [3.63, 3.8) is 0 Å². The van der Waals surface area contributed by atoms with E-state index >= 15 is 0 Å². The van der Waals surface area contributed by atoms with Crippen molar-refractivity contribution < 1.29 is 4.79 Å². The molecule has 0 bridgehead atoms. The first kappa shape index (κ1) is 8.42. The smallest absolute Gasteiger partial charge is 0.232 e. The summed E-state index contributed by atoms with van der Waals surface area (Å²) in [5, 5.41) is 15.1. The summed E-state index contributed by atoms with van der Waals surface area (Å²) < 4.78 is 0. The van der Waals surface area contributed by atoms with E-state index in [2.05, 4.69) is 30.7 Å². The van der Waals surface area contributed by atoms with Crippen LogP contribution in [0.15, 0.2) is 18.6 Å². The second-order valence-electron chi connectivity index (χ2n) is 2.64. The predicted octanol–water partition coefficient (Wildman–Crippen LogP) is -0.291. The third-order valence-corrected chi connectivity index (χ3v) is 1.58. The molecule has 2 heterocycles. The molecule has 7 heteroatoms. The topological polar surface area (TPSA) is 99.3 Å². The van der Waals surface area contributed by atoms with Gasteiger partial charge in [0.25, 0.3) is 0 Å². The molecule has 2 rings (SSSR count). The molecule has 2 aromatic rings. The molecule has 0 unspecified atom stereocenters. The predicted molar refractivity (Wildman–Crippen MR) is 47.3 cm³/mol. The molecule has 0 saturated heterocycles. The molecule has 0 aliphatic rings. The average molecular weight is 192 g/mol. The van der Waals surface area contributed by atoms with Crippen LogP contribution < -0.4 is 5.32 Å². The molecule has 7 nitrogen and oxygen atoms in total. The summed E-state index contributed by atoms with van der Waals surface area (Å²) in [6.45, 7) is 0. The maximum Gasteiger partial charge on any atom is 0.232 e. The number of nitrogens with zero attached hydrogens (tertiary/aromatic N) is 3. The number of aromatic amines is 2. The van der Waals surface area contributed by atoms with Crippen LogP contribution in [-0.4, -0.2) is 31.3 Å². The monoisotopic (exact) mass is 192 g/mol. The molecule has 3 N–H and O–H groups in total. The van der Waals surface area contributed by atoms with E-state index < -0.39 is 0 Å². The summed E-state index contributed by atoms with van der Waals surface area (Å²) in [7, 11) is 0. The van der Waals surface area contributed by atoms with Gasteiger partial charge >= 0.3 is 0 Å². The zero-order valence-electron chi connectivity index (χ0n) is 7.19. The Kier molecular flexibility index (Phi) is 2.22. The normalized spacial score (nSPS) is 10.0. The van der Waals surface area contributed by atoms with Gasteiger partial charge in [0.1, 0.15) is 6.33 Å². The van der Waals surface area contributed by atoms with E-state index in [9.17, 15) is 4.79 Å². The molecule has 0 aliphatic heterocycles. The Morgan fingerprint density at radius 3 is 3.00 bits per heavy atom. The Morgan fingerprint density at radius 2 is 2.36 bits per heavy atom. The van der Waals surface area contributed by atoms with Crippen LogP contribution in [0, 0.1) is 0 Å². The van der Waals surface area contributed by atoms with Crippen molar-refractivity contribution in [2.75, 3.05) is 5.32 Å². The van der Waals surface area contributed by atoms with Crippen LogP contribution in [0.4, 0.5) is 5.95 Å². The average Bonchev–Trinajstić information content (AvgIpc) is 2.76. The largest absolute Gasteiger partial charge is 0.295 e. The van der Waals surface area contributed by atoms with Gasteiger partial charge in [-0.3, -0.25) is 15.2 Å². The van der Waals surface area contributed by atoms with Gasteiger partial charge in [0.2, 0.25) is 11.9 Å². The summed E-state index contributed by atoms with van der Waals surface area (Å²) in [5.41, 5.74) is 0.752. The van der Waals surface area contributed by atoms with E-state index in [-0.39, 0.29) is 12.3 Å². The highest BCUT2D eigenvalue weighted by molar-refractivity contribution is 5.90. The minimum atomic E-state index is -0.175. The van der Waals surface area contributed by atoms with Gasteiger partial charge < -0.3 is 0 Å². The first-order chi connectivity index (χ1) is 6.84. The molecule has 14 heavy (non-hydrogen) atoms. The Hall–Kier alpha value is -2.18. The van der Waals surface area contributed by atoms with E-state index in [0.717, 1.165) is 5.69 Å². The van der Waals surface area contributed by atoms with Crippen LogP contribution in [0.2, 0.25) is 0 Å². The van der Waals surface area contributed by atoms with Crippen LogP contribution in [0.3, 0.4) is 0 Å². The Balaban J connectivity index is 1.91. The number of anilines is 1. The zero-order valence-corrected chi connectivity index (χ0v) is 7.19. The van der Waals surface area contributed by atoms with E-state index in [1.54, 1.807) is 12.3 Å². The summed E-state index contributed by atoms with van der Waals surface area (Å²) in [6.07, 6.45) is 3.16. The fourth-order valence-electron chi connectivity index (χ4n) is 0.998. The van der Waals surface area contributed by atoms with Gasteiger partial charge in [-0.15, -0.1) is 0 Å². The first-order valence-electron chi connectivity index (χ1n) is 3.98. The van der Waals surface area contributed by atoms with Gasteiger partial charge in [-0.2, -0.15) is 15.2 Å². The lowest BCUT2D eigenvalue weighted by Gasteiger charge is -1.98. The molecule has 0 radical (unpaired) electrons. The fraction of sp³-hybridized carbons (Fsp3) is 0.143. The third kappa shape index (κ3) is 1.94. The highest BCUT2D eigenvalue weighted by Gasteiger charge is 2.05. The van der Waals surface area contributed by atoms with Gasteiger partial charge in [-0.25, -0.2) is 5.10 Å². The number of amides is 1. The number of carbonyl (C=O) groups is 1. The maximum absolute atomic E-state index is 11.3. The van der Waals surface area contributed by atoms with Crippen LogP contribution in [0.5, 0.6) is 0 Å². The Morgan fingerprint density at radius 1 is 1.43 bits per heavy atom. The van der Waals surface area contributed by atoms with Crippen LogP contribution >= 0.6 is 0 Å². The van der Waals surface area contributed by atoms with E-state index in [1.165, 1.54) is 6.33 Å². The molecular weight excluding hydrogens is 184 g/mol. The highest BCUT2D eigenvalue weighted by atomic mass is 16.1. The number of rotatable bonds is 3. The van der Waals surface area contributed by atoms with Gasteiger partial charge in [0.15, 0.2) is 0 Å². The molecule has 72 valence electrons. The number of carbonyl (C=O) groups excluding carboxylic acids is 1. The van der Waals surface area contributed by atoms with Crippen molar-refractivity contribution in [1.29, 1.82) is 0 Å². The first-order valence-corrected chi connectivity index (χ1v) is 3.98.